The largest absolute Gasteiger partial charge is 0.465 e. The first kappa shape index (κ1) is 10.1. The monoisotopic (exact) mass is 210 g/mol. The minimum Gasteiger partial charge on any atom is -0.465 e. The Morgan fingerprint density at radius 1 is 1.67 bits per heavy atom. The van der Waals surface area contributed by atoms with Gasteiger partial charge in [0.15, 0.2) is 0 Å². The number of nitrogens with one attached hydrogen (secondary N) is 1. The van der Waals surface area contributed by atoms with Crippen LogP contribution < -0.4 is 5.32 Å². The van der Waals surface area contributed by atoms with Gasteiger partial charge in [0.2, 0.25) is 0 Å². The molecule has 2 heterocycles. The Morgan fingerprint density at radius 3 is 3.20 bits per heavy atom. The maximum Gasteiger partial charge on any atom is 0.325 e. The standard InChI is InChI=1S/C9H14N4O2/c1-3-15-9(14)7-5-13-6(2)11-12-8(13)4-10-7/h7,10H,3-5H2,1-2H3. The van der Waals surface area contributed by atoms with Gasteiger partial charge in [-0.1, -0.05) is 0 Å². The van der Waals surface area contributed by atoms with Crippen molar-refractivity contribution in [2.24, 2.45) is 0 Å². The number of aromatic nitrogens is 3. The number of hydrogen-bond acceptors (Lipinski definition) is 5. The summed E-state index contributed by atoms with van der Waals surface area (Å²) in [5.74, 6) is 1.49. The van der Waals surface area contributed by atoms with Gasteiger partial charge in [-0.2, -0.15) is 0 Å². The zero-order valence-electron chi connectivity index (χ0n) is 8.86. The highest BCUT2D eigenvalue weighted by Gasteiger charge is 2.26. The first-order valence-electron chi connectivity index (χ1n) is 5.01. The van der Waals surface area contributed by atoms with Crippen LogP contribution in [-0.4, -0.2) is 33.4 Å². The molecule has 1 aromatic heterocycles. The van der Waals surface area contributed by atoms with Crippen LogP contribution in [0.15, 0.2) is 0 Å². The van der Waals surface area contributed by atoms with Crippen LogP contribution in [0.3, 0.4) is 0 Å². The molecule has 0 aliphatic carbocycles. The Balaban J connectivity index is 2.11. The van der Waals surface area contributed by atoms with Gasteiger partial charge in [-0.15, -0.1) is 10.2 Å². The molecule has 1 unspecified atom stereocenters. The van der Waals surface area contributed by atoms with Gasteiger partial charge < -0.3 is 9.30 Å². The lowest BCUT2D eigenvalue weighted by molar-refractivity contribution is -0.146. The number of carbonyl (C=O) groups excluding carboxylic acids is 1. The minimum atomic E-state index is -0.285. The summed E-state index contributed by atoms with van der Waals surface area (Å²) < 4.78 is 6.90. The van der Waals surface area contributed by atoms with E-state index in [1.54, 1.807) is 6.92 Å². The molecular weight excluding hydrogens is 196 g/mol. The van der Waals surface area contributed by atoms with E-state index in [4.69, 9.17) is 4.74 Å². The molecule has 0 radical (unpaired) electrons. The Kier molecular flexibility index (Phi) is 2.68. The Bertz CT molecular complexity index is 374. The van der Waals surface area contributed by atoms with Crippen LogP contribution in [0.4, 0.5) is 0 Å². The molecule has 0 amide bonds. The van der Waals surface area contributed by atoms with E-state index in [2.05, 4.69) is 15.5 Å². The molecule has 0 saturated heterocycles. The predicted octanol–water partition coefficient (Wildman–Crippen LogP) is -0.379. The highest BCUT2D eigenvalue weighted by Crippen LogP contribution is 2.09. The van der Waals surface area contributed by atoms with Crippen LogP contribution in [-0.2, 0) is 22.6 Å². The highest BCUT2D eigenvalue weighted by atomic mass is 16.5. The molecule has 6 heteroatoms. The van der Waals surface area contributed by atoms with E-state index < -0.39 is 0 Å². The molecular formula is C9H14N4O2. The summed E-state index contributed by atoms with van der Waals surface area (Å²) in [7, 11) is 0. The van der Waals surface area contributed by atoms with Crippen molar-refractivity contribution in [3.8, 4) is 0 Å². The third kappa shape index (κ3) is 1.85. The fourth-order valence-corrected chi connectivity index (χ4v) is 1.66. The number of aryl methyl sites for hydroxylation is 1. The van der Waals surface area contributed by atoms with Crippen molar-refractivity contribution < 1.29 is 9.53 Å². The Labute approximate surface area is 87.6 Å². The van der Waals surface area contributed by atoms with Gasteiger partial charge in [-0.3, -0.25) is 10.1 Å². The lowest BCUT2D eigenvalue weighted by Gasteiger charge is -2.23. The third-order valence-corrected chi connectivity index (χ3v) is 2.46. The van der Waals surface area contributed by atoms with Gasteiger partial charge in [-0.25, -0.2) is 0 Å². The van der Waals surface area contributed by atoms with E-state index in [0.717, 1.165) is 11.6 Å². The minimum absolute atomic E-state index is 0.212. The van der Waals surface area contributed by atoms with Crippen LogP contribution in [0.2, 0.25) is 0 Å². The first-order valence-corrected chi connectivity index (χ1v) is 5.01. The summed E-state index contributed by atoms with van der Waals surface area (Å²) in [6, 6.07) is -0.285. The fraction of sp³-hybridized carbons (Fsp3) is 0.667. The molecule has 0 spiro atoms. The number of fused-ring (bicyclic) bond motifs is 1. The predicted molar refractivity (Wildman–Crippen MR) is 52.0 cm³/mol. The van der Waals surface area contributed by atoms with E-state index in [1.807, 2.05) is 11.5 Å². The average Bonchev–Trinajstić information content (AvgIpc) is 2.60. The summed E-state index contributed by atoms with van der Waals surface area (Å²) >= 11 is 0. The molecule has 6 nitrogen and oxygen atoms in total. The van der Waals surface area contributed by atoms with Crippen LogP contribution in [0, 0.1) is 6.92 Å². The Morgan fingerprint density at radius 2 is 2.47 bits per heavy atom. The second kappa shape index (κ2) is 3.98. The van der Waals surface area contributed by atoms with Crippen molar-refractivity contribution in [2.45, 2.75) is 33.0 Å². The number of hydrogen-bond donors (Lipinski definition) is 1. The van der Waals surface area contributed by atoms with Gasteiger partial charge in [0.1, 0.15) is 17.7 Å². The molecule has 1 atom stereocenters. The molecule has 0 fully saturated rings. The van der Waals surface area contributed by atoms with E-state index in [-0.39, 0.29) is 12.0 Å². The van der Waals surface area contributed by atoms with Crippen LogP contribution in [0.1, 0.15) is 18.6 Å². The zero-order valence-corrected chi connectivity index (χ0v) is 8.86. The van der Waals surface area contributed by atoms with Gasteiger partial charge in [0.25, 0.3) is 0 Å². The summed E-state index contributed by atoms with van der Waals surface area (Å²) in [4.78, 5) is 11.5. The zero-order chi connectivity index (χ0) is 10.8. The molecule has 0 bridgehead atoms. The third-order valence-electron chi connectivity index (χ3n) is 2.46. The second-order valence-electron chi connectivity index (χ2n) is 3.46. The Hall–Kier alpha value is -1.43. The highest BCUT2D eigenvalue weighted by molar-refractivity contribution is 5.75. The van der Waals surface area contributed by atoms with E-state index in [9.17, 15) is 4.79 Å². The molecule has 15 heavy (non-hydrogen) atoms. The SMILES string of the molecule is CCOC(=O)C1Cn2c(C)nnc2CN1. The van der Waals surface area contributed by atoms with E-state index in [1.165, 1.54) is 0 Å². The summed E-state index contributed by atoms with van der Waals surface area (Å²) in [6.45, 7) is 5.20. The van der Waals surface area contributed by atoms with Crippen LogP contribution >= 0.6 is 0 Å². The summed E-state index contributed by atoms with van der Waals surface area (Å²) in [5.41, 5.74) is 0. The molecule has 0 saturated carbocycles. The fourth-order valence-electron chi connectivity index (χ4n) is 1.66. The van der Waals surface area contributed by atoms with Crippen LogP contribution in [0.5, 0.6) is 0 Å². The smallest absolute Gasteiger partial charge is 0.325 e. The van der Waals surface area contributed by atoms with Crippen LogP contribution in [0.25, 0.3) is 0 Å². The molecule has 1 aromatic rings. The second-order valence-corrected chi connectivity index (χ2v) is 3.46. The summed E-state index contributed by atoms with van der Waals surface area (Å²) in [5, 5.41) is 11.0. The maximum absolute atomic E-state index is 11.5. The van der Waals surface area contributed by atoms with Gasteiger partial charge >= 0.3 is 5.97 Å². The molecule has 0 aromatic carbocycles. The number of carbonyl (C=O) groups is 1. The van der Waals surface area contributed by atoms with Gasteiger partial charge in [0.05, 0.1) is 19.7 Å². The molecule has 2 rings (SSSR count). The number of nitrogens with zero attached hydrogens (tertiary/aromatic N) is 3. The lowest BCUT2D eigenvalue weighted by Crippen LogP contribution is -2.45. The van der Waals surface area contributed by atoms with Gasteiger partial charge in [-0.05, 0) is 13.8 Å². The summed E-state index contributed by atoms with van der Waals surface area (Å²) in [6.07, 6.45) is 0. The van der Waals surface area contributed by atoms with E-state index in [0.29, 0.717) is 19.7 Å². The number of rotatable bonds is 2. The topological polar surface area (TPSA) is 69.0 Å². The quantitative estimate of drug-likeness (QED) is 0.674. The number of ether oxygens (including phenoxy) is 1. The maximum atomic E-state index is 11.5. The molecule has 82 valence electrons. The van der Waals surface area contributed by atoms with Crippen molar-refractivity contribution in [1.82, 2.24) is 20.1 Å². The average molecular weight is 210 g/mol. The molecule has 1 aliphatic heterocycles. The normalized spacial score (nSPS) is 19.7. The molecule has 1 N–H and O–H groups in total. The van der Waals surface area contributed by atoms with Crippen molar-refractivity contribution >= 4 is 5.97 Å². The van der Waals surface area contributed by atoms with E-state index >= 15 is 0 Å². The van der Waals surface area contributed by atoms with Crippen molar-refractivity contribution in [1.29, 1.82) is 0 Å². The van der Waals surface area contributed by atoms with Crippen molar-refractivity contribution in [3.05, 3.63) is 11.6 Å². The first-order chi connectivity index (χ1) is 7.22. The van der Waals surface area contributed by atoms with Crippen molar-refractivity contribution in [2.75, 3.05) is 6.61 Å². The molecule has 1 aliphatic rings. The van der Waals surface area contributed by atoms with Gasteiger partial charge in [0, 0.05) is 0 Å². The lowest BCUT2D eigenvalue weighted by atomic mass is 10.2. The number of esters is 1. The van der Waals surface area contributed by atoms with Crippen molar-refractivity contribution in [3.63, 3.8) is 0 Å².